The third-order valence-electron chi connectivity index (χ3n) is 4.75. The zero-order chi connectivity index (χ0) is 17.9. The van der Waals surface area contributed by atoms with Gasteiger partial charge in [-0.1, -0.05) is 12.1 Å². The van der Waals surface area contributed by atoms with E-state index in [2.05, 4.69) is 4.98 Å². The second-order valence-corrected chi connectivity index (χ2v) is 6.59. The molecule has 1 fully saturated rings. The predicted molar refractivity (Wildman–Crippen MR) is 90.0 cm³/mol. The lowest BCUT2D eigenvalue weighted by Gasteiger charge is -2.42. The van der Waals surface area contributed by atoms with Crippen LogP contribution in [0.5, 0.6) is 0 Å². The van der Waals surface area contributed by atoms with Gasteiger partial charge >= 0.3 is 0 Å². The van der Waals surface area contributed by atoms with Crippen LogP contribution in [-0.2, 0) is 6.42 Å². The normalized spacial score (nSPS) is 20.3. The standard InChI is InChI=1S/C19H19F2N3O/c20-15-6-5-14(17(21)9-15)10-19(13-25)7-2-8-24(12-19)18-4-1-3-16(11-22)23-18/h1,3-6,9,25H,2,7-8,10,12-13H2/t19-/m0/s1. The Kier molecular flexibility index (Phi) is 4.95. The molecule has 1 aromatic heterocycles. The summed E-state index contributed by atoms with van der Waals surface area (Å²) in [5, 5.41) is 19.0. The van der Waals surface area contributed by atoms with Gasteiger partial charge in [0.05, 0.1) is 6.61 Å². The van der Waals surface area contributed by atoms with Gasteiger partial charge in [-0.3, -0.25) is 0 Å². The van der Waals surface area contributed by atoms with E-state index >= 15 is 0 Å². The Morgan fingerprint density at radius 3 is 2.84 bits per heavy atom. The number of nitrogens with zero attached hydrogens (tertiary/aromatic N) is 3. The number of rotatable bonds is 4. The lowest BCUT2D eigenvalue weighted by Crippen LogP contribution is -2.47. The van der Waals surface area contributed by atoms with Gasteiger partial charge in [-0.15, -0.1) is 0 Å². The molecule has 4 nitrogen and oxygen atoms in total. The SMILES string of the molecule is N#Cc1cccc(N2CCC[C@](CO)(Cc3ccc(F)cc3F)C2)n1. The number of aromatic nitrogens is 1. The maximum atomic E-state index is 14.0. The first-order chi connectivity index (χ1) is 12.0. The van der Waals surface area contributed by atoms with Crippen LogP contribution in [0.2, 0.25) is 0 Å². The molecule has 0 bridgehead atoms. The van der Waals surface area contributed by atoms with E-state index in [4.69, 9.17) is 5.26 Å². The first kappa shape index (κ1) is 17.3. The molecule has 0 radical (unpaired) electrons. The molecule has 1 atom stereocenters. The Labute approximate surface area is 145 Å². The Morgan fingerprint density at radius 2 is 2.12 bits per heavy atom. The fraction of sp³-hybridized carbons (Fsp3) is 0.368. The fourth-order valence-electron chi connectivity index (χ4n) is 3.46. The van der Waals surface area contributed by atoms with Crippen LogP contribution in [0.15, 0.2) is 36.4 Å². The van der Waals surface area contributed by atoms with Gasteiger partial charge in [0.1, 0.15) is 29.2 Å². The molecular formula is C19H19F2N3O. The smallest absolute Gasteiger partial charge is 0.142 e. The van der Waals surface area contributed by atoms with E-state index in [-0.39, 0.29) is 6.61 Å². The van der Waals surface area contributed by atoms with Crippen LogP contribution in [0.25, 0.3) is 0 Å². The maximum absolute atomic E-state index is 14.0. The summed E-state index contributed by atoms with van der Waals surface area (Å²) >= 11 is 0. The number of aliphatic hydroxyl groups excluding tert-OH is 1. The molecule has 1 N–H and O–H groups in total. The third-order valence-corrected chi connectivity index (χ3v) is 4.75. The largest absolute Gasteiger partial charge is 0.396 e. The number of nitriles is 1. The van der Waals surface area contributed by atoms with Crippen LogP contribution in [-0.4, -0.2) is 29.8 Å². The monoisotopic (exact) mass is 343 g/mol. The average molecular weight is 343 g/mol. The number of anilines is 1. The van der Waals surface area contributed by atoms with Gasteiger partial charge in [-0.25, -0.2) is 13.8 Å². The highest BCUT2D eigenvalue weighted by atomic mass is 19.1. The Hall–Kier alpha value is -2.52. The van der Waals surface area contributed by atoms with Crippen molar-refractivity contribution >= 4 is 5.82 Å². The summed E-state index contributed by atoms with van der Waals surface area (Å²) in [5.41, 5.74) is 0.208. The number of hydrogen-bond acceptors (Lipinski definition) is 4. The Bertz CT molecular complexity index is 805. The molecule has 2 heterocycles. The minimum absolute atomic E-state index is 0.0990. The van der Waals surface area contributed by atoms with Crippen molar-refractivity contribution in [3.8, 4) is 6.07 Å². The summed E-state index contributed by atoms with van der Waals surface area (Å²) < 4.78 is 27.2. The molecule has 0 spiro atoms. The summed E-state index contributed by atoms with van der Waals surface area (Å²) in [6, 6.07) is 10.8. The van der Waals surface area contributed by atoms with E-state index in [0.717, 1.165) is 25.5 Å². The lowest BCUT2D eigenvalue weighted by molar-refractivity contribution is 0.104. The second-order valence-electron chi connectivity index (χ2n) is 6.59. The van der Waals surface area contributed by atoms with E-state index in [9.17, 15) is 13.9 Å². The van der Waals surface area contributed by atoms with Gasteiger partial charge in [0.25, 0.3) is 0 Å². The molecule has 0 saturated carbocycles. The number of hydrogen-bond donors (Lipinski definition) is 1. The summed E-state index contributed by atoms with van der Waals surface area (Å²) in [7, 11) is 0. The van der Waals surface area contributed by atoms with E-state index in [1.165, 1.54) is 12.1 Å². The zero-order valence-electron chi connectivity index (χ0n) is 13.8. The molecule has 25 heavy (non-hydrogen) atoms. The van der Waals surface area contributed by atoms with Gasteiger partial charge in [0, 0.05) is 24.6 Å². The molecule has 0 amide bonds. The van der Waals surface area contributed by atoms with Crippen LogP contribution in [0.1, 0.15) is 24.1 Å². The molecule has 1 saturated heterocycles. The van der Waals surface area contributed by atoms with Crippen LogP contribution in [0.3, 0.4) is 0 Å². The molecule has 1 aliphatic rings. The van der Waals surface area contributed by atoms with Crippen molar-refractivity contribution in [3.05, 3.63) is 59.3 Å². The summed E-state index contributed by atoms with van der Waals surface area (Å²) in [4.78, 5) is 6.33. The summed E-state index contributed by atoms with van der Waals surface area (Å²) in [6.45, 7) is 1.16. The number of halogens is 2. The van der Waals surface area contributed by atoms with Crippen molar-refractivity contribution in [2.75, 3.05) is 24.6 Å². The molecule has 2 aromatic rings. The minimum Gasteiger partial charge on any atom is -0.396 e. The molecule has 0 unspecified atom stereocenters. The van der Waals surface area contributed by atoms with E-state index < -0.39 is 17.0 Å². The van der Waals surface area contributed by atoms with E-state index in [1.807, 2.05) is 17.0 Å². The Morgan fingerprint density at radius 1 is 1.28 bits per heavy atom. The van der Waals surface area contributed by atoms with Gasteiger partial charge in [0.15, 0.2) is 0 Å². The second kappa shape index (κ2) is 7.16. The van der Waals surface area contributed by atoms with Crippen molar-refractivity contribution < 1.29 is 13.9 Å². The first-order valence-electron chi connectivity index (χ1n) is 8.22. The summed E-state index contributed by atoms with van der Waals surface area (Å²) in [6.07, 6.45) is 1.89. The van der Waals surface area contributed by atoms with Crippen molar-refractivity contribution in [2.45, 2.75) is 19.3 Å². The minimum atomic E-state index is -0.609. The molecule has 130 valence electrons. The van der Waals surface area contributed by atoms with Crippen molar-refractivity contribution in [1.29, 1.82) is 5.26 Å². The van der Waals surface area contributed by atoms with Crippen LogP contribution >= 0.6 is 0 Å². The highest BCUT2D eigenvalue weighted by Crippen LogP contribution is 2.35. The molecule has 1 aromatic carbocycles. The predicted octanol–water partition coefficient (Wildman–Crippen LogP) is 3.05. The number of aliphatic hydroxyl groups is 1. The average Bonchev–Trinajstić information content (AvgIpc) is 2.64. The van der Waals surface area contributed by atoms with Crippen molar-refractivity contribution in [3.63, 3.8) is 0 Å². The van der Waals surface area contributed by atoms with Gasteiger partial charge in [0.2, 0.25) is 0 Å². The zero-order valence-corrected chi connectivity index (χ0v) is 13.8. The summed E-state index contributed by atoms with van der Waals surface area (Å²) in [5.74, 6) is -0.521. The van der Waals surface area contributed by atoms with Crippen molar-refractivity contribution in [1.82, 2.24) is 4.98 Å². The van der Waals surface area contributed by atoms with Crippen LogP contribution in [0, 0.1) is 28.4 Å². The fourth-order valence-corrected chi connectivity index (χ4v) is 3.46. The number of benzene rings is 1. The van der Waals surface area contributed by atoms with E-state index in [1.54, 1.807) is 12.1 Å². The van der Waals surface area contributed by atoms with Crippen LogP contribution < -0.4 is 4.90 Å². The van der Waals surface area contributed by atoms with Gasteiger partial charge in [-0.05, 0) is 43.0 Å². The number of piperidine rings is 1. The maximum Gasteiger partial charge on any atom is 0.142 e. The van der Waals surface area contributed by atoms with Gasteiger partial charge < -0.3 is 10.0 Å². The molecule has 3 rings (SSSR count). The number of pyridine rings is 1. The first-order valence-corrected chi connectivity index (χ1v) is 8.22. The quantitative estimate of drug-likeness (QED) is 0.927. The highest BCUT2D eigenvalue weighted by Gasteiger charge is 2.36. The molecular weight excluding hydrogens is 324 g/mol. The van der Waals surface area contributed by atoms with Crippen molar-refractivity contribution in [2.24, 2.45) is 5.41 Å². The highest BCUT2D eigenvalue weighted by molar-refractivity contribution is 5.42. The Balaban J connectivity index is 1.84. The third kappa shape index (κ3) is 3.77. The lowest BCUT2D eigenvalue weighted by atomic mass is 9.75. The molecule has 1 aliphatic heterocycles. The van der Waals surface area contributed by atoms with E-state index in [0.29, 0.717) is 30.0 Å². The van der Waals surface area contributed by atoms with Gasteiger partial charge in [-0.2, -0.15) is 5.26 Å². The van der Waals surface area contributed by atoms with Crippen LogP contribution in [0.4, 0.5) is 14.6 Å². The molecule has 6 heteroatoms. The topological polar surface area (TPSA) is 60.2 Å². The molecule has 0 aliphatic carbocycles.